The van der Waals surface area contributed by atoms with Crippen LogP contribution < -0.4 is 14.8 Å². The Balaban J connectivity index is 1.84. The third-order valence-electron chi connectivity index (χ3n) is 4.01. The number of anilines is 1. The Hall–Kier alpha value is -3.34. The normalized spacial score (nSPS) is 10.3. The molecule has 26 heavy (non-hydrogen) atoms. The van der Waals surface area contributed by atoms with Gasteiger partial charge in [0.2, 0.25) is 0 Å². The standard InChI is InChI=1S/C21H20N2O3/c1-14-19(9-10-20(22-14)15-7-5-4-6-8-15)21(24)23-16-11-17(25-2)13-18(12-16)26-3/h4-13H,1-3H3,(H,23,24). The number of aryl methyl sites for hydroxylation is 1. The van der Waals surface area contributed by atoms with Gasteiger partial charge in [0.05, 0.1) is 31.2 Å². The minimum atomic E-state index is -0.232. The van der Waals surface area contributed by atoms with Gasteiger partial charge in [-0.2, -0.15) is 0 Å². The van der Waals surface area contributed by atoms with Gasteiger partial charge >= 0.3 is 0 Å². The van der Waals surface area contributed by atoms with Crippen LogP contribution >= 0.6 is 0 Å². The van der Waals surface area contributed by atoms with Crippen molar-refractivity contribution in [3.8, 4) is 22.8 Å². The molecule has 3 aromatic rings. The zero-order chi connectivity index (χ0) is 18.5. The van der Waals surface area contributed by atoms with E-state index in [4.69, 9.17) is 9.47 Å². The Morgan fingerprint density at radius 3 is 2.15 bits per heavy atom. The number of pyridine rings is 1. The maximum Gasteiger partial charge on any atom is 0.257 e. The van der Waals surface area contributed by atoms with Crippen molar-refractivity contribution in [3.63, 3.8) is 0 Å². The highest BCUT2D eigenvalue weighted by molar-refractivity contribution is 6.05. The van der Waals surface area contributed by atoms with Crippen LogP contribution in [0.15, 0.2) is 60.7 Å². The van der Waals surface area contributed by atoms with Crippen LogP contribution in [0.25, 0.3) is 11.3 Å². The number of amides is 1. The number of hydrogen-bond acceptors (Lipinski definition) is 4. The first kappa shape index (κ1) is 17.5. The Morgan fingerprint density at radius 1 is 0.923 bits per heavy atom. The van der Waals surface area contributed by atoms with Crippen LogP contribution in [-0.4, -0.2) is 25.1 Å². The van der Waals surface area contributed by atoms with E-state index in [1.807, 2.05) is 43.3 Å². The van der Waals surface area contributed by atoms with Crippen molar-refractivity contribution >= 4 is 11.6 Å². The van der Waals surface area contributed by atoms with Gasteiger partial charge in [0.1, 0.15) is 11.5 Å². The average molecular weight is 348 g/mol. The molecule has 1 heterocycles. The molecular weight excluding hydrogens is 328 g/mol. The molecule has 3 rings (SSSR count). The summed E-state index contributed by atoms with van der Waals surface area (Å²) in [6, 6.07) is 18.7. The molecule has 1 aromatic heterocycles. The summed E-state index contributed by atoms with van der Waals surface area (Å²) in [6.45, 7) is 1.83. The summed E-state index contributed by atoms with van der Waals surface area (Å²) < 4.78 is 10.5. The van der Waals surface area contributed by atoms with Crippen molar-refractivity contribution in [2.24, 2.45) is 0 Å². The lowest BCUT2D eigenvalue weighted by molar-refractivity contribution is 0.102. The third-order valence-corrected chi connectivity index (χ3v) is 4.01. The van der Waals surface area contributed by atoms with Crippen molar-refractivity contribution in [2.75, 3.05) is 19.5 Å². The third kappa shape index (κ3) is 3.83. The first-order valence-corrected chi connectivity index (χ1v) is 8.18. The fourth-order valence-electron chi connectivity index (χ4n) is 2.65. The van der Waals surface area contributed by atoms with Gasteiger partial charge in [0.15, 0.2) is 0 Å². The van der Waals surface area contributed by atoms with Crippen molar-refractivity contribution in [1.82, 2.24) is 4.98 Å². The first-order valence-electron chi connectivity index (χ1n) is 8.18. The SMILES string of the molecule is COc1cc(NC(=O)c2ccc(-c3ccccc3)nc2C)cc(OC)c1. The van der Waals surface area contributed by atoms with Crippen molar-refractivity contribution in [3.05, 3.63) is 71.9 Å². The number of carbonyl (C=O) groups is 1. The summed E-state index contributed by atoms with van der Waals surface area (Å²) in [5, 5.41) is 2.87. The number of carbonyl (C=O) groups excluding carboxylic acids is 1. The van der Waals surface area contributed by atoms with E-state index in [-0.39, 0.29) is 5.91 Å². The van der Waals surface area contributed by atoms with Crippen LogP contribution in [0, 0.1) is 6.92 Å². The van der Waals surface area contributed by atoms with E-state index in [9.17, 15) is 4.79 Å². The molecule has 0 spiro atoms. The number of nitrogens with one attached hydrogen (secondary N) is 1. The number of methoxy groups -OCH3 is 2. The molecule has 0 unspecified atom stereocenters. The predicted octanol–water partition coefficient (Wildman–Crippen LogP) is 4.33. The molecule has 2 aromatic carbocycles. The molecule has 0 aliphatic rings. The quantitative estimate of drug-likeness (QED) is 0.746. The van der Waals surface area contributed by atoms with Crippen LogP contribution in [0.4, 0.5) is 5.69 Å². The van der Waals surface area contributed by atoms with Crippen LogP contribution in [0.3, 0.4) is 0 Å². The molecule has 1 N–H and O–H groups in total. The molecule has 0 saturated heterocycles. The van der Waals surface area contributed by atoms with Crippen molar-refractivity contribution in [2.45, 2.75) is 6.92 Å². The first-order chi connectivity index (χ1) is 12.6. The zero-order valence-electron chi connectivity index (χ0n) is 14.9. The second kappa shape index (κ2) is 7.70. The van der Waals surface area contributed by atoms with Gasteiger partial charge in [-0.05, 0) is 19.1 Å². The van der Waals surface area contributed by atoms with Crippen LogP contribution in [0.5, 0.6) is 11.5 Å². The van der Waals surface area contributed by atoms with Gasteiger partial charge in [-0.1, -0.05) is 30.3 Å². The van der Waals surface area contributed by atoms with E-state index in [2.05, 4.69) is 10.3 Å². The molecule has 0 fully saturated rings. The van der Waals surface area contributed by atoms with Crippen LogP contribution in [-0.2, 0) is 0 Å². The fraction of sp³-hybridized carbons (Fsp3) is 0.143. The number of rotatable bonds is 5. The van der Waals surface area contributed by atoms with E-state index in [1.54, 1.807) is 38.5 Å². The molecule has 5 nitrogen and oxygen atoms in total. The molecule has 1 amide bonds. The second-order valence-corrected chi connectivity index (χ2v) is 5.75. The maximum absolute atomic E-state index is 12.6. The van der Waals surface area contributed by atoms with Gasteiger partial charge in [0, 0.05) is 29.4 Å². The van der Waals surface area contributed by atoms with Gasteiger partial charge < -0.3 is 14.8 Å². The summed E-state index contributed by atoms with van der Waals surface area (Å²) in [4.78, 5) is 17.2. The molecule has 0 radical (unpaired) electrons. The number of hydrogen-bond donors (Lipinski definition) is 1. The van der Waals surface area contributed by atoms with Gasteiger partial charge in [-0.3, -0.25) is 9.78 Å². The minimum absolute atomic E-state index is 0.232. The van der Waals surface area contributed by atoms with Crippen LogP contribution in [0.2, 0.25) is 0 Å². The van der Waals surface area contributed by atoms with Crippen LogP contribution in [0.1, 0.15) is 16.1 Å². The molecule has 5 heteroatoms. The Bertz CT molecular complexity index is 902. The van der Waals surface area contributed by atoms with Crippen molar-refractivity contribution < 1.29 is 14.3 Å². The van der Waals surface area contributed by atoms with Gasteiger partial charge in [0.25, 0.3) is 5.91 Å². The smallest absolute Gasteiger partial charge is 0.257 e. The van der Waals surface area contributed by atoms with E-state index >= 15 is 0 Å². The molecule has 0 aliphatic heterocycles. The van der Waals surface area contributed by atoms with Crippen molar-refractivity contribution in [1.29, 1.82) is 0 Å². The zero-order valence-corrected chi connectivity index (χ0v) is 14.9. The molecule has 0 aliphatic carbocycles. The molecule has 0 bridgehead atoms. The molecule has 132 valence electrons. The Morgan fingerprint density at radius 2 is 1.58 bits per heavy atom. The lowest BCUT2D eigenvalue weighted by atomic mass is 10.1. The summed E-state index contributed by atoms with van der Waals surface area (Å²) in [5.74, 6) is 0.979. The highest BCUT2D eigenvalue weighted by Gasteiger charge is 2.13. The summed E-state index contributed by atoms with van der Waals surface area (Å²) in [5.41, 5.74) is 3.63. The monoisotopic (exact) mass is 348 g/mol. The number of aromatic nitrogens is 1. The summed E-state index contributed by atoms with van der Waals surface area (Å²) in [7, 11) is 3.13. The number of benzene rings is 2. The minimum Gasteiger partial charge on any atom is -0.497 e. The van der Waals surface area contributed by atoms with E-state index in [0.717, 1.165) is 11.3 Å². The predicted molar refractivity (Wildman–Crippen MR) is 102 cm³/mol. The number of nitrogens with zero attached hydrogens (tertiary/aromatic N) is 1. The van der Waals surface area contributed by atoms with E-state index < -0.39 is 0 Å². The maximum atomic E-state index is 12.6. The topological polar surface area (TPSA) is 60.5 Å². The Labute approximate surface area is 152 Å². The molecular formula is C21H20N2O3. The summed E-state index contributed by atoms with van der Waals surface area (Å²) >= 11 is 0. The van der Waals surface area contributed by atoms with Gasteiger partial charge in [-0.25, -0.2) is 0 Å². The van der Waals surface area contributed by atoms with Gasteiger partial charge in [-0.15, -0.1) is 0 Å². The molecule has 0 saturated carbocycles. The Kier molecular flexibility index (Phi) is 5.17. The largest absolute Gasteiger partial charge is 0.497 e. The summed E-state index contributed by atoms with van der Waals surface area (Å²) in [6.07, 6.45) is 0. The lowest BCUT2D eigenvalue weighted by Gasteiger charge is -2.11. The highest BCUT2D eigenvalue weighted by Crippen LogP contribution is 2.26. The molecule has 0 atom stereocenters. The second-order valence-electron chi connectivity index (χ2n) is 5.75. The number of ether oxygens (including phenoxy) is 2. The van der Waals surface area contributed by atoms with E-state index in [0.29, 0.717) is 28.4 Å². The average Bonchev–Trinajstić information content (AvgIpc) is 2.68. The lowest BCUT2D eigenvalue weighted by Crippen LogP contribution is -2.14. The van der Waals surface area contributed by atoms with E-state index in [1.165, 1.54) is 0 Å². The highest BCUT2D eigenvalue weighted by atomic mass is 16.5. The fourth-order valence-corrected chi connectivity index (χ4v) is 2.65.